The van der Waals surface area contributed by atoms with Gasteiger partial charge in [-0.25, -0.2) is 4.39 Å². The highest BCUT2D eigenvalue weighted by atomic mass is 19.4. The molecule has 14 heteroatoms. The second kappa shape index (κ2) is 7.69. The standard InChI is InChI=1S/C18H12F10O4/c19-7-14(31,16(20,21)22)10-5-8(1-3-12(10)29)9-2-4-13(30)11(6-9)15(32,17(23,24)25)18(26,27)28/h1-6,29-32H,7H2. The van der Waals surface area contributed by atoms with Crippen molar-refractivity contribution in [3.8, 4) is 22.6 Å². The number of aromatic hydroxyl groups is 2. The summed E-state index contributed by atoms with van der Waals surface area (Å²) in [7, 11) is 0. The van der Waals surface area contributed by atoms with Gasteiger partial charge in [0.2, 0.25) is 5.60 Å². The fourth-order valence-corrected chi connectivity index (χ4v) is 2.82. The number of hydrogen-bond acceptors (Lipinski definition) is 4. The van der Waals surface area contributed by atoms with Gasteiger partial charge >= 0.3 is 18.5 Å². The minimum atomic E-state index is -6.37. The van der Waals surface area contributed by atoms with Crippen molar-refractivity contribution >= 4 is 0 Å². The molecule has 0 aliphatic rings. The van der Waals surface area contributed by atoms with Crippen LogP contribution in [0.5, 0.6) is 11.5 Å². The van der Waals surface area contributed by atoms with E-state index in [-0.39, 0.29) is 6.07 Å². The van der Waals surface area contributed by atoms with Crippen LogP contribution in [0.1, 0.15) is 11.1 Å². The third kappa shape index (κ3) is 3.92. The maximum Gasteiger partial charge on any atom is 0.430 e. The van der Waals surface area contributed by atoms with E-state index in [1.807, 2.05) is 0 Å². The van der Waals surface area contributed by atoms with Crippen LogP contribution in [-0.2, 0) is 11.2 Å². The summed E-state index contributed by atoms with van der Waals surface area (Å²) in [4.78, 5) is 0. The van der Waals surface area contributed by atoms with Crippen molar-refractivity contribution < 1.29 is 64.3 Å². The quantitative estimate of drug-likeness (QED) is 0.473. The maximum absolute atomic E-state index is 13.1. The minimum Gasteiger partial charge on any atom is -0.508 e. The molecule has 0 radical (unpaired) electrons. The summed E-state index contributed by atoms with van der Waals surface area (Å²) in [6, 6.07) is 2.52. The molecule has 0 bridgehead atoms. The van der Waals surface area contributed by atoms with Gasteiger partial charge in [-0.3, -0.25) is 0 Å². The second-order valence-corrected chi connectivity index (χ2v) is 6.66. The molecule has 1 atom stereocenters. The summed E-state index contributed by atoms with van der Waals surface area (Å²) in [6.45, 7) is -2.48. The first-order valence-corrected chi connectivity index (χ1v) is 8.19. The highest BCUT2D eigenvalue weighted by Gasteiger charge is 2.72. The number of benzene rings is 2. The molecule has 4 nitrogen and oxygen atoms in total. The van der Waals surface area contributed by atoms with Gasteiger partial charge in [0.15, 0.2) is 0 Å². The van der Waals surface area contributed by atoms with Crippen molar-refractivity contribution in [1.82, 2.24) is 0 Å². The molecule has 0 amide bonds. The predicted octanol–water partition coefficient (Wildman–Crippen LogP) is 4.80. The van der Waals surface area contributed by atoms with E-state index >= 15 is 0 Å². The smallest absolute Gasteiger partial charge is 0.430 e. The van der Waals surface area contributed by atoms with Crippen LogP contribution in [0.15, 0.2) is 36.4 Å². The van der Waals surface area contributed by atoms with Crippen LogP contribution in [0, 0.1) is 0 Å². The Morgan fingerprint density at radius 2 is 0.969 bits per heavy atom. The van der Waals surface area contributed by atoms with Crippen molar-refractivity contribution in [2.24, 2.45) is 0 Å². The number of phenols is 2. The lowest BCUT2D eigenvalue weighted by Gasteiger charge is -2.33. The molecule has 0 aliphatic heterocycles. The lowest BCUT2D eigenvalue weighted by atomic mass is 9.87. The molecule has 1 unspecified atom stereocenters. The van der Waals surface area contributed by atoms with Gasteiger partial charge in [0, 0.05) is 11.1 Å². The zero-order valence-electron chi connectivity index (χ0n) is 15.2. The van der Waals surface area contributed by atoms with Crippen LogP contribution < -0.4 is 0 Å². The SMILES string of the molecule is Oc1ccc(-c2ccc(O)c(C(O)(C(F)(F)F)C(F)(F)F)c2)cc1C(O)(CF)C(F)(F)F. The Morgan fingerprint density at radius 3 is 1.31 bits per heavy atom. The summed E-state index contributed by atoms with van der Waals surface area (Å²) in [5.74, 6) is -2.91. The van der Waals surface area contributed by atoms with Crippen LogP contribution in [0.25, 0.3) is 11.1 Å². The molecule has 0 saturated carbocycles. The molecule has 0 saturated heterocycles. The van der Waals surface area contributed by atoms with Crippen LogP contribution in [0.2, 0.25) is 0 Å². The van der Waals surface area contributed by atoms with Gasteiger partial charge in [0.05, 0.1) is 0 Å². The lowest BCUT2D eigenvalue weighted by molar-refractivity contribution is -0.376. The van der Waals surface area contributed by atoms with Crippen molar-refractivity contribution in [2.75, 3.05) is 6.67 Å². The molecule has 0 spiro atoms. The second-order valence-electron chi connectivity index (χ2n) is 6.66. The van der Waals surface area contributed by atoms with E-state index in [2.05, 4.69) is 0 Å². The molecular weight excluding hydrogens is 470 g/mol. The Labute approximate surface area is 172 Å². The zero-order valence-corrected chi connectivity index (χ0v) is 15.2. The van der Waals surface area contributed by atoms with Crippen LogP contribution in [0.3, 0.4) is 0 Å². The number of aliphatic hydroxyl groups is 2. The van der Waals surface area contributed by atoms with Gasteiger partial charge in [0.25, 0.3) is 5.60 Å². The van der Waals surface area contributed by atoms with E-state index in [4.69, 9.17) is 0 Å². The molecule has 2 rings (SSSR count). The summed E-state index contributed by atoms with van der Waals surface area (Å²) in [5.41, 5.74) is -14.7. The summed E-state index contributed by atoms with van der Waals surface area (Å²) in [6.07, 6.45) is -18.4. The average molecular weight is 482 g/mol. The maximum atomic E-state index is 13.1. The topological polar surface area (TPSA) is 80.9 Å². The fourth-order valence-electron chi connectivity index (χ4n) is 2.82. The monoisotopic (exact) mass is 482 g/mol. The van der Waals surface area contributed by atoms with E-state index in [0.717, 1.165) is 6.07 Å². The molecule has 2 aromatic carbocycles. The first-order valence-electron chi connectivity index (χ1n) is 8.19. The van der Waals surface area contributed by atoms with Crippen molar-refractivity contribution in [3.63, 3.8) is 0 Å². The number of phenolic OH excluding ortho intramolecular Hbond substituents is 2. The Bertz CT molecular complexity index is 983. The lowest BCUT2D eigenvalue weighted by Crippen LogP contribution is -2.53. The molecule has 0 heterocycles. The Hall–Kier alpha value is -2.74. The molecule has 178 valence electrons. The van der Waals surface area contributed by atoms with Gasteiger partial charge < -0.3 is 20.4 Å². The number of alkyl halides is 10. The molecule has 0 aromatic heterocycles. The Kier molecular flexibility index (Phi) is 6.13. The summed E-state index contributed by atoms with van der Waals surface area (Å²) < 4.78 is 131. The van der Waals surface area contributed by atoms with Crippen LogP contribution >= 0.6 is 0 Å². The molecule has 32 heavy (non-hydrogen) atoms. The molecule has 4 N–H and O–H groups in total. The van der Waals surface area contributed by atoms with E-state index in [1.54, 1.807) is 0 Å². The highest BCUT2D eigenvalue weighted by molar-refractivity contribution is 5.69. The predicted molar refractivity (Wildman–Crippen MR) is 87.1 cm³/mol. The van der Waals surface area contributed by atoms with E-state index < -0.39 is 70.2 Å². The van der Waals surface area contributed by atoms with E-state index in [1.165, 1.54) is 0 Å². The van der Waals surface area contributed by atoms with Crippen LogP contribution in [-0.4, -0.2) is 45.6 Å². The minimum absolute atomic E-state index is 0.00849. The Balaban J connectivity index is 2.78. The van der Waals surface area contributed by atoms with E-state index in [0.29, 0.717) is 24.3 Å². The van der Waals surface area contributed by atoms with Crippen molar-refractivity contribution in [3.05, 3.63) is 47.5 Å². The molecule has 0 aliphatic carbocycles. The molecule has 0 fully saturated rings. The van der Waals surface area contributed by atoms with E-state index in [9.17, 15) is 64.3 Å². The van der Waals surface area contributed by atoms with Gasteiger partial charge in [-0.2, -0.15) is 39.5 Å². The molecule has 2 aromatic rings. The van der Waals surface area contributed by atoms with Gasteiger partial charge in [0.1, 0.15) is 18.2 Å². The van der Waals surface area contributed by atoms with Crippen LogP contribution in [0.4, 0.5) is 43.9 Å². The third-order valence-corrected chi connectivity index (χ3v) is 4.64. The first kappa shape index (κ1) is 25.5. The van der Waals surface area contributed by atoms with Gasteiger partial charge in [-0.15, -0.1) is 0 Å². The summed E-state index contributed by atoms with van der Waals surface area (Å²) >= 11 is 0. The third-order valence-electron chi connectivity index (χ3n) is 4.64. The number of rotatable bonds is 4. The highest BCUT2D eigenvalue weighted by Crippen LogP contribution is 2.53. The van der Waals surface area contributed by atoms with Crippen molar-refractivity contribution in [2.45, 2.75) is 29.7 Å². The first-order chi connectivity index (χ1) is 14.3. The Morgan fingerprint density at radius 1 is 0.594 bits per heavy atom. The average Bonchev–Trinajstić information content (AvgIpc) is 2.65. The van der Waals surface area contributed by atoms with Gasteiger partial charge in [-0.1, -0.05) is 12.1 Å². The number of hydrogen-bond donors (Lipinski definition) is 4. The normalized spacial score (nSPS) is 15.5. The summed E-state index contributed by atoms with van der Waals surface area (Å²) in [5, 5.41) is 38.4. The number of halogens is 10. The van der Waals surface area contributed by atoms with Gasteiger partial charge in [-0.05, 0) is 35.4 Å². The van der Waals surface area contributed by atoms with Crippen molar-refractivity contribution in [1.29, 1.82) is 0 Å². The molecular formula is C18H12F10O4. The fraction of sp³-hybridized carbons (Fsp3) is 0.333. The zero-order chi connectivity index (χ0) is 24.9. The largest absolute Gasteiger partial charge is 0.508 e.